The molecule has 2 aliphatic heterocycles. The molecular formula is C10H17NO3. The van der Waals surface area contributed by atoms with Gasteiger partial charge < -0.3 is 10.1 Å². The number of carbonyl (C=O) groups excluding carboxylic acids is 2. The summed E-state index contributed by atoms with van der Waals surface area (Å²) in [6.45, 7) is 1.53. The van der Waals surface area contributed by atoms with Crippen LogP contribution in [0, 0.1) is 0 Å². The molecule has 1 N–H and O–H groups in total. The van der Waals surface area contributed by atoms with Crippen molar-refractivity contribution in [2.75, 3.05) is 13.2 Å². The zero-order chi connectivity index (χ0) is 10.2. The third-order valence-corrected chi connectivity index (χ3v) is 2.19. The molecule has 2 fully saturated rings. The average molecular weight is 199 g/mol. The first kappa shape index (κ1) is 11.0. The number of hydrogen-bond donors (Lipinski definition) is 1. The van der Waals surface area contributed by atoms with Crippen molar-refractivity contribution in [3.63, 3.8) is 0 Å². The second-order valence-corrected chi connectivity index (χ2v) is 3.48. The zero-order valence-electron chi connectivity index (χ0n) is 8.38. The van der Waals surface area contributed by atoms with Gasteiger partial charge in [0.1, 0.15) is 0 Å². The van der Waals surface area contributed by atoms with E-state index in [0.29, 0.717) is 13.0 Å². The highest BCUT2D eigenvalue weighted by Crippen LogP contribution is 2.02. The Morgan fingerprint density at radius 2 is 1.86 bits per heavy atom. The van der Waals surface area contributed by atoms with Crippen LogP contribution in [0.15, 0.2) is 0 Å². The number of esters is 1. The normalized spacial score (nSPS) is 21.4. The molecule has 2 aliphatic rings. The van der Waals surface area contributed by atoms with Crippen LogP contribution in [0.5, 0.6) is 0 Å². The molecule has 0 bridgehead atoms. The van der Waals surface area contributed by atoms with E-state index in [4.69, 9.17) is 0 Å². The Hall–Kier alpha value is -1.06. The summed E-state index contributed by atoms with van der Waals surface area (Å²) >= 11 is 0. The van der Waals surface area contributed by atoms with Gasteiger partial charge in [-0.2, -0.15) is 0 Å². The fourth-order valence-electron chi connectivity index (χ4n) is 1.38. The van der Waals surface area contributed by atoms with Crippen LogP contribution in [-0.2, 0) is 14.3 Å². The molecule has 80 valence electrons. The number of hydrogen-bond acceptors (Lipinski definition) is 3. The van der Waals surface area contributed by atoms with Gasteiger partial charge in [0.05, 0.1) is 6.61 Å². The maximum atomic E-state index is 10.6. The minimum absolute atomic E-state index is 0.0463. The average Bonchev–Trinajstić information content (AvgIpc) is 2.51. The minimum Gasteiger partial charge on any atom is -0.466 e. The van der Waals surface area contributed by atoms with Crippen LogP contribution in [-0.4, -0.2) is 25.0 Å². The van der Waals surface area contributed by atoms with Crippen molar-refractivity contribution in [1.82, 2.24) is 5.32 Å². The monoisotopic (exact) mass is 199 g/mol. The first-order valence-corrected chi connectivity index (χ1v) is 5.21. The molecule has 1 amide bonds. The molecule has 0 radical (unpaired) electrons. The summed E-state index contributed by atoms with van der Waals surface area (Å²) in [5, 5.41) is 2.81. The number of rotatable bonds is 0. The Bertz CT molecular complexity index is 186. The number of ether oxygens (including phenoxy) is 1. The molecule has 0 atom stereocenters. The SMILES string of the molecule is O=C1CCCCCN1.O=C1CCCO1. The minimum atomic E-state index is -0.0463. The maximum absolute atomic E-state index is 10.6. The third kappa shape index (κ3) is 4.84. The van der Waals surface area contributed by atoms with Crippen molar-refractivity contribution in [3.8, 4) is 0 Å². The van der Waals surface area contributed by atoms with Gasteiger partial charge in [-0.25, -0.2) is 0 Å². The highest BCUT2D eigenvalue weighted by atomic mass is 16.5. The molecular weight excluding hydrogens is 182 g/mol. The maximum Gasteiger partial charge on any atom is 0.305 e. The molecule has 4 nitrogen and oxygen atoms in total. The second-order valence-electron chi connectivity index (χ2n) is 3.48. The number of amides is 1. The summed E-state index contributed by atoms with van der Waals surface area (Å²) in [4.78, 5) is 20.6. The summed E-state index contributed by atoms with van der Waals surface area (Å²) in [5.74, 6) is 0.178. The van der Waals surface area contributed by atoms with E-state index in [1.165, 1.54) is 6.42 Å². The van der Waals surface area contributed by atoms with Crippen LogP contribution in [0.2, 0.25) is 0 Å². The van der Waals surface area contributed by atoms with Crippen LogP contribution in [0.3, 0.4) is 0 Å². The van der Waals surface area contributed by atoms with Crippen LogP contribution < -0.4 is 5.32 Å². The number of carbonyl (C=O) groups is 2. The van der Waals surface area contributed by atoms with Crippen molar-refractivity contribution in [1.29, 1.82) is 0 Å². The van der Waals surface area contributed by atoms with Crippen molar-refractivity contribution >= 4 is 11.9 Å². The highest BCUT2D eigenvalue weighted by Gasteiger charge is 2.08. The van der Waals surface area contributed by atoms with Crippen molar-refractivity contribution in [2.45, 2.75) is 38.5 Å². The fourth-order valence-corrected chi connectivity index (χ4v) is 1.38. The molecule has 2 heterocycles. The van der Waals surface area contributed by atoms with Gasteiger partial charge in [-0.05, 0) is 19.3 Å². The first-order valence-electron chi connectivity index (χ1n) is 5.21. The van der Waals surface area contributed by atoms with Crippen molar-refractivity contribution in [2.24, 2.45) is 0 Å². The van der Waals surface area contributed by atoms with Crippen LogP contribution in [0.25, 0.3) is 0 Å². The zero-order valence-corrected chi connectivity index (χ0v) is 8.38. The Balaban J connectivity index is 0.000000146. The predicted octanol–water partition coefficient (Wildman–Crippen LogP) is 1.00. The molecule has 0 aromatic heterocycles. The standard InChI is InChI=1S/C6H11NO.C4H6O2/c8-6-4-2-1-3-5-7-6;5-4-2-1-3-6-4/h1-5H2,(H,7,8);1-3H2. The van der Waals surface area contributed by atoms with E-state index in [-0.39, 0.29) is 11.9 Å². The quantitative estimate of drug-likeness (QED) is 0.592. The lowest BCUT2D eigenvalue weighted by Gasteiger charge is -1.93. The number of cyclic esters (lactones) is 1. The van der Waals surface area contributed by atoms with E-state index < -0.39 is 0 Å². The van der Waals surface area contributed by atoms with Gasteiger partial charge in [0.25, 0.3) is 0 Å². The van der Waals surface area contributed by atoms with E-state index in [1.807, 2.05) is 0 Å². The third-order valence-electron chi connectivity index (χ3n) is 2.19. The molecule has 14 heavy (non-hydrogen) atoms. The van der Waals surface area contributed by atoms with Gasteiger partial charge in [0.15, 0.2) is 0 Å². The molecule has 0 saturated carbocycles. The predicted molar refractivity (Wildman–Crippen MR) is 51.7 cm³/mol. The number of nitrogens with one attached hydrogen (secondary N) is 1. The Kier molecular flexibility index (Phi) is 5.04. The Morgan fingerprint density at radius 3 is 2.43 bits per heavy atom. The summed E-state index contributed by atoms with van der Waals surface area (Å²) in [7, 11) is 0. The lowest BCUT2D eigenvalue weighted by atomic mass is 10.2. The largest absolute Gasteiger partial charge is 0.466 e. The van der Waals surface area contributed by atoms with Gasteiger partial charge in [0, 0.05) is 19.4 Å². The molecule has 2 saturated heterocycles. The van der Waals surface area contributed by atoms with E-state index in [9.17, 15) is 9.59 Å². The molecule has 0 unspecified atom stereocenters. The lowest BCUT2D eigenvalue weighted by Crippen LogP contribution is -2.21. The summed E-state index contributed by atoms with van der Waals surface area (Å²) < 4.78 is 4.51. The van der Waals surface area contributed by atoms with Gasteiger partial charge in [-0.15, -0.1) is 0 Å². The van der Waals surface area contributed by atoms with Crippen LogP contribution >= 0.6 is 0 Å². The Morgan fingerprint density at radius 1 is 1.00 bits per heavy atom. The van der Waals surface area contributed by atoms with Crippen LogP contribution in [0.4, 0.5) is 0 Å². The molecule has 0 aliphatic carbocycles. The van der Waals surface area contributed by atoms with Gasteiger partial charge in [-0.1, -0.05) is 6.42 Å². The topological polar surface area (TPSA) is 55.4 Å². The van der Waals surface area contributed by atoms with E-state index >= 15 is 0 Å². The summed E-state index contributed by atoms with van der Waals surface area (Å²) in [6.07, 6.45) is 5.72. The smallest absolute Gasteiger partial charge is 0.305 e. The van der Waals surface area contributed by atoms with E-state index in [0.717, 1.165) is 32.2 Å². The second kappa shape index (κ2) is 6.40. The van der Waals surface area contributed by atoms with Crippen molar-refractivity contribution in [3.05, 3.63) is 0 Å². The van der Waals surface area contributed by atoms with Gasteiger partial charge in [-0.3, -0.25) is 9.59 Å². The van der Waals surface area contributed by atoms with Gasteiger partial charge in [0.2, 0.25) is 5.91 Å². The molecule has 4 heteroatoms. The van der Waals surface area contributed by atoms with Crippen LogP contribution in [0.1, 0.15) is 38.5 Å². The van der Waals surface area contributed by atoms with E-state index in [1.54, 1.807) is 0 Å². The van der Waals surface area contributed by atoms with Crippen molar-refractivity contribution < 1.29 is 14.3 Å². The summed E-state index contributed by atoms with van der Waals surface area (Å²) in [5.41, 5.74) is 0. The molecule has 0 spiro atoms. The first-order chi connectivity index (χ1) is 6.79. The molecule has 0 aromatic carbocycles. The van der Waals surface area contributed by atoms with Gasteiger partial charge >= 0.3 is 5.97 Å². The molecule has 2 rings (SSSR count). The molecule has 0 aromatic rings. The summed E-state index contributed by atoms with van der Waals surface area (Å²) in [6, 6.07) is 0. The highest BCUT2D eigenvalue weighted by molar-refractivity contribution is 5.75. The van der Waals surface area contributed by atoms with E-state index in [2.05, 4.69) is 10.1 Å². The Labute approximate surface area is 84.0 Å². The fraction of sp³-hybridized carbons (Fsp3) is 0.800. The lowest BCUT2D eigenvalue weighted by molar-refractivity contribution is -0.138.